The number of ether oxygens (including phenoxy) is 2. The molecule has 0 aliphatic heterocycles. The Morgan fingerprint density at radius 2 is 1.81 bits per heavy atom. The minimum absolute atomic E-state index is 0.0172. The molecule has 138 valence electrons. The second-order valence-corrected chi connectivity index (χ2v) is 5.86. The monoisotopic (exact) mass is 364 g/mol. The Morgan fingerprint density at radius 3 is 2.41 bits per heavy atom. The number of hydrogen-bond donors (Lipinski definition) is 1. The number of hydrogen-bond acceptors (Lipinski definition) is 5. The maximum atomic E-state index is 12.3. The molecule has 0 saturated heterocycles. The van der Waals surface area contributed by atoms with Crippen LogP contribution in [0.4, 0.5) is 5.69 Å². The van der Waals surface area contributed by atoms with Crippen LogP contribution in [0.5, 0.6) is 5.75 Å². The summed E-state index contributed by atoms with van der Waals surface area (Å²) in [6.07, 6.45) is 1.49. The third kappa shape index (κ3) is 5.72. The fourth-order valence-corrected chi connectivity index (χ4v) is 2.19. The summed E-state index contributed by atoms with van der Waals surface area (Å²) in [4.78, 5) is 23.4. The van der Waals surface area contributed by atoms with E-state index in [9.17, 15) is 14.9 Å². The average molecular weight is 364 g/mol. The Kier molecular flexibility index (Phi) is 6.73. The van der Waals surface area contributed by atoms with E-state index in [1.54, 1.807) is 30.3 Å². The largest absolute Gasteiger partial charge is 0.482 e. The zero-order valence-corrected chi connectivity index (χ0v) is 15.4. The standard InChI is InChI=1S/C21H20N2O4/c1-14-4-7-18(10-15(14)2)23-21(25)17(12-22)11-16-5-8-19(9-6-16)27-13-20(24)26-3/h4-11H,13H2,1-3H3,(H,23,25)/b17-11+. The molecular weight excluding hydrogens is 344 g/mol. The van der Waals surface area contributed by atoms with Crippen LogP contribution in [-0.4, -0.2) is 25.6 Å². The molecule has 0 aliphatic carbocycles. The number of anilines is 1. The minimum Gasteiger partial charge on any atom is -0.482 e. The second-order valence-electron chi connectivity index (χ2n) is 5.86. The van der Waals surface area contributed by atoms with Crippen molar-refractivity contribution >= 4 is 23.6 Å². The molecule has 0 unspecified atom stereocenters. The Balaban J connectivity index is 2.08. The second kappa shape index (κ2) is 9.20. The molecule has 0 aromatic heterocycles. The first-order chi connectivity index (χ1) is 12.9. The first kappa shape index (κ1) is 19.7. The van der Waals surface area contributed by atoms with Crippen LogP contribution in [0.15, 0.2) is 48.0 Å². The Labute approximate surface area is 158 Å². The van der Waals surface area contributed by atoms with Gasteiger partial charge in [0.2, 0.25) is 0 Å². The lowest BCUT2D eigenvalue weighted by Crippen LogP contribution is -2.13. The zero-order chi connectivity index (χ0) is 19.8. The summed E-state index contributed by atoms with van der Waals surface area (Å²) in [7, 11) is 1.28. The van der Waals surface area contributed by atoms with Crippen LogP contribution in [0, 0.1) is 25.2 Å². The molecule has 0 radical (unpaired) electrons. The van der Waals surface area contributed by atoms with E-state index in [-0.39, 0.29) is 12.2 Å². The number of aryl methyl sites for hydroxylation is 2. The van der Waals surface area contributed by atoms with Crippen LogP contribution < -0.4 is 10.1 Å². The number of esters is 1. The van der Waals surface area contributed by atoms with Crippen molar-refractivity contribution in [3.05, 3.63) is 64.7 Å². The van der Waals surface area contributed by atoms with Gasteiger partial charge < -0.3 is 14.8 Å². The summed E-state index contributed by atoms with van der Waals surface area (Å²) in [6.45, 7) is 3.75. The van der Waals surface area contributed by atoms with Crippen molar-refractivity contribution in [3.8, 4) is 11.8 Å². The number of methoxy groups -OCH3 is 1. The molecule has 0 fully saturated rings. The lowest BCUT2D eigenvalue weighted by Gasteiger charge is -2.07. The van der Waals surface area contributed by atoms with Gasteiger partial charge in [-0.15, -0.1) is 0 Å². The minimum atomic E-state index is -0.480. The smallest absolute Gasteiger partial charge is 0.343 e. The number of nitrogens with zero attached hydrogens (tertiary/aromatic N) is 1. The van der Waals surface area contributed by atoms with E-state index in [0.717, 1.165) is 11.1 Å². The summed E-state index contributed by atoms with van der Waals surface area (Å²) in [5.74, 6) is -0.476. The normalized spacial score (nSPS) is 10.7. The first-order valence-corrected chi connectivity index (χ1v) is 8.23. The molecule has 0 atom stereocenters. The summed E-state index contributed by atoms with van der Waals surface area (Å²) < 4.78 is 9.75. The molecule has 0 saturated carbocycles. The highest BCUT2D eigenvalue weighted by atomic mass is 16.6. The van der Waals surface area contributed by atoms with Crippen LogP contribution >= 0.6 is 0 Å². The van der Waals surface area contributed by atoms with Gasteiger partial charge in [-0.2, -0.15) is 5.26 Å². The SMILES string of the molecule is COC(=O)COc1ccc(/C=C(\C#N)C(=O)Nc2ccc(C)c(C)c2)cc1. The van der Waals surface area contributed by atoms with Crippen molar-refractivity contribution in [3.63, 3.8) is 0 Å². The Hall–Kier alpha value is -3.59. The molecule has 0 heterocycles. The number of rotatable bonds is 6. The van der Waals surface area contributed by atoms with Crippen LogP contribution in [0.25, 0.3) is 6.08 Å². The molecule has 6 heteroatoms. The predicted molar refractivity (Wildman–Crippen MR) is 102 cm³/mol. The van der Waals surface area contributed by atoms with E-state index in [1.165, 1.54) is 13.2 Å². The van der Waals surface area contributed by atoms with Crippen molar-refractivity contribution < 1.29 is 19.1 Å². The number of nitrogens with one attached hydrogen (secondary N) is 1. The molecule has 2 aromatic rings. The number of benzene rings is 2. The van der Waals surface area contributed by atoms with E-state index < -0.39 is 11.9 Å². The van der Waals surface area contributed by atoms with Crippen molar-refractivity contribution in [1.82, 2.24) is 0 Å². The van der Waals surface area contributed by atoms with Crippen LogP contribution in [0.1, 0.15) is 16.7 Å². The van der Waals surface area contributed by atoms with E-state index >= 15 is 0 Å². The maximum Gasteiger partial charge on any atom is 0.343 e. The molecular formula is C21H20N2O4. The number of nitriles is 1. The van der Waals surface area contributed by atoms with Gasteiger partial charge >= 0.3 is 5.97 Å². The first-order valence-electron chi connectivity index (χ1n) is 8.23. The quantitative estimate of drug-likeness (QED) is 0.482. The molecule has 0 spiro atoms. The highest BCUT2D eigenvalue weighted by molar-refractivity contribution is 6.09. The van der Waals surface area contributed by atoms with Gasteiger partial charge in [0.25, 0.3) is 5.91 Å². The van der Waals surface area contributed by atoms with Gasteiger partial charge in [-0.25, -0.2) is 4.79 Å². The van der Waals surface area contributed by atoms with Crippen LogP contribution in [0.3, 0.4) is 0 Å². The van der Waals surface area contributed by atoms with Crippen LogP contribution in [0.2, 0.25) is 0 Å². The van der Waals surface area contributed by atoms with Crippen molar-refractivity contribution in [2.45, 2.75) is 13.8 Å². The fraction of sp³-hybridized carbons (Fsp3) is 0.190. The van der Waals surface area contributed by atoms with E-state index in [4.69, 9.17) is 4.74 Å². The fourth-order valence-electron chi connectivity index (χ4n) is 2.19. The third-order valence-corrected chi connectivity index (χ3v) is 3.91. The molecule has 6 nitrogen and oxygen atoms in total. The average Bonchev–Trinajstić information content (AvgIpc) is 2.67. The van der Waals surface area contributed by atoms with Gasteiger partial charge in [-0.1, -0.05) is 18.2 Å². The number of carbonyl (C=O) groups is 2. The van der Waals surface area contributed by atoms with Gasteiger partial charge in [-0.05, 0) is 60.9 Å². The van der Waals surface area contributed by atoms with Crippen molar-refractivity contribution in [2.75, 3.05) is 19.0 Å². The molecule has 1 amide bonds. The summed E-state index contributed by atoms with van der Waals surface area (Å²) >= 11 is 0. The lowest BCUT2D eigenvalue weighted by molar-refractivity contribution is -0.142. The number of carbonyl (C=O) groups excluding carboxylic acids is 2. The van der Waals surface area contributed by atoms with Gasteiger partial charge in [-0.3, -0.25) is 4.79 Å². The maximum absolute atomic E-state index is 12.3. The molecule has 2 rings (SSSR count). The predicted octanol–water partition coefficient (Wildman–Crippen LogP) is 3.40. The van der Waals surface area contributed by atoms with E-state index in [2.05, 4.69) is 10.1 Å². The van der Waals surface area contributed by atoms with E-state index in [0.29, 0.717) is 17.0 Å². The Bertz CT molecular complexity index is 909. The molecule has 0 bridgehead atoms. The molecule has 1 N–H and O–H groups in total. The molecule has 0 aliphatic rings. The third-order valence-electron chi connectivity index (χ3n) is 3.91. The summed E-state index contributed by atoms with van der Waals surface area (Å²) in [5, 5.41) is 12.0. The summed E-state index contributed by atoms with van der Waals surface area (Å²) in [5.41, 5.74) is 3.45. The highest BCUT2D eigenvalue weighted by Crippen LogP contribution is 2.17. The zero-order valence-electron chi connectivity index (χ0n) is 15.4. The van der Waals surface area contributed by atoms with Gasteiger partial charge in [0.15, 0.2) is 6.61 Å². The van der Waals surface area contributed by atoms with E-state index in [1.807, 2.05) is 32.0 Å². The van der Waals surface area contributed by atoms with Crippen LogP contribution in [-0.2, 0) is 14.3 Å². The highest BCUT2D eigenvalue weighted by Gasteiger charge is 2.10. The van der Waals surface area contributed by atoms with Crippen molar-refractivity contribution in [1.29, 1.82) is 5.26 Å². The number of amides is 1. The van der Waals surface area contributed by atoms with Gasteiger partial charge in [0, 0.05) is 5.69 Å². The topological polar surface area (TPSA) is 88.4 Å². The summed E-state index contributed by atoms with van der Waals surface area (Å²) in [6, 6.07) is 14.1. The molecule has 27 heavy (non-hydrogen) atoms. The van der Waals surface area contributed by atoms with Gasteiger partial charge in [0.05, 0.1) is 7.11 Å². The Morgan fingerprint density at radius 1 is 1.11 bits per heavy atom. The van der Waals surface area contributed by atoms with Crippen molar-refractivity contribution in [2.24, 2.45) is 0 Å². The van der Waals surface area contributed by atoms with Gasteiger partial charge in [0.1, 0.15) is 17.4 Å². The molecule has 2 aromatic carbocycles. The lowest BCUT2D eigenvalue weighted by atomic mass is 10.1.